The highest BCUT2D eigenvalue weighted by Crippen LogP contribution is 2.76. The summed E-state index contributed by atoms with van der Waals surface area (Å²) in [5, 5.41) is 0. The van der Waals surface area contributed by atoms with E-state index in [0.717, 1.165) is 19.3 Å². The number of ether oxygens (including phenoxy) is 1. The Morgan fingerprint density at radius 2 is 1.57 bits per heavy atom. The normalized spacial score (nSPS) is 52.8. The van der Waals surface area contributed by atoms with Crippen molar-refractivity contribution >= 4 is 11.8 Å². The number of hydrogen-bond acceptors (Lipinski definition) is 3. The molecule has 0 aromatic carbocycles. The van der Waals surface area contributed by atoms with Gasteiger partial charge in [-0.15, -0.1) is 0 Å². The molecule has 4 saturated carbocycles. The van der Waals surface area contributed by atoms with Gasteiger partial charge in [0.05, 0.1) is 0 Å². The highest BCUT2D eigenvalue weighted by molar-refractivity contribution is 5.96. The number of carbonyl (C=O) groups excluding carboxylic acids is 2. The predicted octanol–water partition coefficient (Wildman–Crippen LogP) is 7.77. The summed E-state index contributed by atoms with van der Waals surface area (Å²) < 4.78 is 5.89. The van der Waals surface area contributed by atoms with Crippen molar-refractivity contribution in [3.63, 3.8) is 0 Å². The lowest BCUT2D eigenvalue weighted by atomic mass is 9.31. The van der Waals surface area contributed by atoms with Crippen LogP contribution in [0, 0.1) is 56.7 Å². The molecule has 5 aliphatic rings. The Balaban J connectivity index is 1.52. The van der Waals surface area contributed by atoms with Gasteiger partial charge >= 0.3 is 5.97 Å². The Morgan fingerprint density at radius 1 is 0.886 bits per heavy atom. The molecule has 0 N–H and O–H groups in total. The molecule has 0 aromatic heterocycles. The summed E-state index contributed by atoms with van der Waals surface area (Å²) in [6.07, 6.45) is 11.4. The second-order valence-corrected chi connectivity index (χ2v) is 15.1. The summed E-state index contributed by atoms with van der Waals surface area (Å²) in [5.41, 5.74) is 1.98. The molecule has 196 valence electrons. The van der Waals surface area contributed by atoms with E-state index in [0.29, 0.717) is 40.8 Å². The zero-order valence-electron chi connectivity index (χ0n) is 23.9. The van der Waals surface area contributed by atoms with Crippen molar-refractivity contribution in [3.05, 3.63) is 11.6 Å². The van der Waals surface area contributed by atoms with Crippen LogP contribution in [0.3, 0.4) is 0 Å². The van der Waals surface area contributed by atoms with Crippen molar-refractivity contribution in [2.45, 2.75) is 120 Å². The van der Waals surface area contributed by atoms with E-state index in [2.05, 4.69) is 55.4 Å². The molecule has 3 heteroatoms. The number of carbonyl (C=O) groups is 2. The second kappa shape index (κ2) is 7.70. The Kier molecular flexibility index (Phi) is 5.62. The molecule has 0 aromatic rings. The van der Waals surface area contributed by atoms with E-state index in [1.54, 1.807) is 6.92 Å². The van der Waals surface area contributed by atoms with Crippen molar-refractivity contribution in [2.75, 3.05) is 0 Å². The fraction of sp³-hybridized carbons (Fsp3) is 0.875. The molecule has 10 atom stereocenters. The minimum Gasteiger partial charge on any atom is -0.462 e. The molecule has 0 aliphatic heterocycles. The van der Waals surface area contributed by atoms with Crippen molar-refractivity contribution < 1.29 is 14.3 Å². The molecule has 0 unspecified atom stereocenters. The maximum Gasteiger partial charge on any atom is 0.302 e. The van der Waals surface area contributed by atoms with Crippen LogP contribution in [0.15, 0.2) is 11.6 Å². The molecular formula is C32H50O3. The van der Waals surface area contributed by atoms with Crippen molar-refractivity contribution in [1.82, 2.24) is 0 Å². The van der Waals surface area contributed by atoms with Gasteiger partial charge in [-0.25, -0.2) is 0 Å². The van der Waals surface area contributed by atoms with Crippen LogP contribution in [0.2, 0.25) is 0 Å². The first kappa shape index (κ1) is 25.5. The summed E-state index contributed by atoms with van der Waals surface area (Å²) >= 11 is 0. The maximum atomic E-state index is 13.4. The number of fused-ring (bicyclic) bond motifs is 7. The first-order valence-electron chi connectivity index (χ1n) is 14.5. The Hall–Kier alpha value is -1.12. The highest BCUT2D eigenvalue weighted by atomic mass is 16.5. The molecule has 5 rings (SSSR count). The monoisotopic (exact) mass is 482 g/mol. The number of esters is 1. The van der Waals surface area contributed by atoms with Crippen LogP contribution in [-0.2, 0) is 14.3 Å². The van der Waals surface area contributed by atoms with Crippen LogP contribution in [0.4, 0.5) is 0 Å². The summed E-state index contributed by atoms with van der Waals surface area (Å²) in [6.45, 7) is 21.1. The Morgan fingerprint density at radius 3 is 2.23 bits per heavy atom. The van der Waals surface area contributed by atoms with E-state index in [-0.39, 0.29) is 33.7 Å². The highest BCUT2D eigenvalue weighted by Gasteiger charge is 2.70. The standard InChI is InChI=1S/C32H50O3/c1-19-18-25(34)30(7)16-17-31(8)22(27(30)20(19)2)10-11-24-29(6)14-13-26(35-21(3)33)28(4,5)23(29)12-15-32(24,31)9/h18,20,22-24,26-27H,10-17H2,1-9H3/t20-,22-,23+,24-,26+,27+,29+,30+,31-,32-/m1/s1. The molecule has 4 fully saturated rings. The zero-order chi connectivity index (χ0) is 25.8. The molecule has 0 bridgehead atoms. The fourth-order valence-corrected chi connectivity index (χ4v) is 11.5. The van der Waals surface area contributed by atoms with E-state index in [4.69, 9.17) is 4.74 Å². The van der Waals surface area contributed by atoms with E-state index >= 15 is 0 Å². The van der Waals surface area contributed by atoms with Crippen molar-refractivity contribution in [1.29, 1.82) is 0 Å². The van der Waals surface area contributed by atoms with Crippen molar-refractivity contribution in [3.8, 4) is 0 Å². The molecule has 5 aliphatic carbocycles. The van der Waals surface area contributed by atoms with Gasteiger partial charge in [0.2, 0.25) is 0 Å². The number of allylic oxidation sites excluding steroid dienone is 2. The molecule has 0 spiro atoms. The summed E-state index contributed by atoms with van der Waals surface area (Å²) in [6, 6.07) is 0. The zero-order valence-corrected chi connectivity index (χ0v) is 23.9. The molecule has 0 radical (unpaired) electrons. The average Bonchev–Trinajstić information content (AvgIpc) is 2.75. The van der Waals surface area contributed by atoms with E-state index in [9.17, 15) is 9.59 Å². The largest absolute Gasteiger partial charge is 0.462 e. The SMILES string of the molecule is CC(=O)O[C@H]1CC[C@]2(C)[C@H]3CC[C@@H]4[C@@H]5[C@H](C)C(C)=CC(=O)[C@]5(C)CC[C@@]4(C)[C@]3(C)CC[C@H]2C1(C)C. The number of ketones is 1. The van der Waals surface area contributed by atoms with Crippen LogP contribution in [-0.4, -0.2) is 17.9 Å². The van der Waals surface area contributed by atoms with Gasteiger partial charge in [-0.2, -0.15) is 0 Å². The van der Waals surface area contributed by atoms with Gasteiger partial charge in [0.25, 0.3) is 0 Å². The van der Waals surface area contributed by atoms with Gasteiger partial charge in [-0.05, 0) is 110 Å². The van der Waals surface area contributed by atoms with Crippen LogP contribution >= 0.6 is 0 Å². The first-order chi connectivity index (χ1) is 16.1. The van der Waals surface area contributed by atoms with E-state index in [1.165, 1.54) is 37.7 Å². The lowest BCUT2D eigenvalue weighted by molar-refractivity contribution is -0.250. The topological polar surface area (TPSA) is 43.4 Å². The van der Waals surface area contributed by atoms with Crippen LogP contribution in [0.25, 0.3) is 0 Å². The van der Waals surface area contributed by atoms with Crippen molar-refractivity contribution in [2.24, 2.45) is 56.7 Å². The minimum atomic E-state index is -0.183. The second-order valence-electron chi connectivity index (χ2n) is 15.1. The van der Waals surface area contributed by atoms with Gasteiger partial charge in [0.1, 0.15) is 6.10 Å². The van der Waals surface area contributed by atoms with Gasteiger partial charge in [0, 0.05) is 17.8 Å². The quantitative estimate of drug-likeness (QED) is 0.358. The third-order valence-electron chi connectivity index (χ3n) is 13.7. The number of rotatable bonds is 1. The van der Waals surface area contributed by atoms with Gasteiger partial charge in [0.15, 0.2) is 5.78 Å². The molecule has 0 amide bonds. The number of hydrogen-bond donors (Lipinski definition) is 0. The molecule has 35 heavy (non-hydrogen) atoms. The van der Waals surface area contributed by atoms with Gasteiger partial charge in [-0.1, -0.05) is 54.0 Å². The van der Waals surface area contributed by atoms with E-state index in [1.807, 2.05) is 6.08 Å². The average molecular weight is 483 g/mol. The summed E-state index contributed by atoms with van der Waals surface area (Å²) in [7, 11) is 0. The fourth-order valence-electron chi connectivity index (χ4n) is 11.5. The third kappa shape index (κ3) is 3.14. The molecule has 3 nitrogen and oxygen atoms in total. The molecule has 0 saturated heterocycles. The first-order valence-corrected chi connectivity index (χ1v) is 14.5. The lowest BCUT2D eigenvalue weighted by Crippen LogP contribution is -2.67. The van der Waals surface area contributed by atoms with Crippen LogP contribution < -0.4 is 0 Å². The lowest BCUT2D eigenvalue weighted by Gasteiger charge is -2.73. The summed E-state index contributed by atoms with van der Waals surface area (Å²) in [5.74, 6) is 3.13. The van der Waals surface area contributed by atoms with E-state index < -0.39 is 0 Å². The summed E-state index contributed by atoms with van der Waals surface area (Å²) in [4.78, 5) is 25.2. The third-order valence-corrected chi connectivity index (χ3v) is 13.7. The maximum absolute atomic E-state index is 13.4. The Labute approximate surface area is 214 Å². The van der Waals surface area contributed by atoms with Gasteiger partial charge < -0.3 is 4.74 Å². The minimum absolute atomic E-state index is 0.00903. The van der Waals surface area contributed by atoms with Crippen LogP contribution in [0.1, 0.15) is 114 Å². The smallest absolute Gasteiger partial charge is 0.302 e. The van der Waals surface area contributed by atoms with Crippen LogP contribution in [0.5, 0.6) is 0 Å². The molecular weight excluding hydrogens is 432 g/mol. The molecule has 0 heterocycles. The Bertz CT molecular complexity index is 962. The predicted molar refractivity (Wildman–Crippen MR) is 141 cm³/mol. The van der Waals surface area contributed by atoms with Gasteiger partial charge in [-0.3, -0.25) is 9.59 Å².